The number of carbonyl (C=O) groups excluding carboxylic acids is 1. The molecule has 2 aromatic heterocycles. The van der Waals surface area contributed by atoms with Gasteiger partial charge in [-0.15, -0.1) is 10.2 Å². The lowest BCUT2D eigenvalue weighted by atomic mass is 10.1. The molecule has 0 saturated carbocycles. The van der Waals surface area contributed by atoms with E-state index in [4.69, 9.17) is 0 Å². The summed E-state index contributed by atoms with van der Waals surface area (Å²) in [5, 5.41) is 9.04. The minimum Gasteiger partial charge on any atom is -0.333 e. The molecule has 0 saturated heterocycles. The van der Waals surface area contributed by atoms with Crippen LogP contribution in [-0.4, -0.2) is 35.8 Å². The van der Waals surface area contributed by atoms with Crippen LogP contribution in [0.25, 0.3) is 11.4 Å². The average molecular weight is 444 g/mol. The van der Waals surface area contributed by atoms with Crippen molar-refractivity contribution in [1.29, 1.82) is 0 Å². The van der Waals surface area contributed by atoms with Crippen molar-refractivity contribution < 1.29 is 4.79 Å². The zero-order chi connectivity index (χ0) is 22.3. The molecular formula is C25H25N5OS. The molecule has 1 atom stereocenters. The second-order valence-electron chi connectivity index (χ2n) is 7.53. The van der Waals surface area contributed by atoms with Crippen molar-refractivity contribution in [3.8, 4) is 11.4 Å². The third-order valence-corrected chi connectivity index (χ3v) is 6.27. The molecule has 1 amide bonds. The van der Waals surface area contributed by atoms with Crippen LogP contribution < -0.4 is 0 Å². The fourth-order valence-electron chi connectivity index (χ4n) is 3.45. The minimum atomic E-state index is -0.310. The Morgan fingerprint density at radius 2 is 1.47 bits per heavy atom. The molecule has 1 unspecified atom stereocenters. The summed E-state index contributed by atoms with van der Waals surface area (Å²) in [6.07, 6.45) is 3.46. The van der Waals surface area contributed by atoms with Crippen molar-refractivity contribution >= 4 is 17.7 Å². The Labute approximate surface area is 192 Å². The first-order chi connectivity index (χ1) is 15.6. The highest BCUT2D eigenvalue weighted by Gasteiger charge is 2.24. The van der Waals surface area contributed by atoms with E-state index in [2.05, 4.69) is 15.2 Å². The summed E-state index contributed by atoms with van der Waals surface area (Å²) >= 11 is 1.43. The maximum atomic E-state index is 13.5. The molecule has 4 rings (SSSR count). The summed E-state index contributed by atoms with van der Waals surface area (Å²) in [4.78, 5) is 19.4. The normalized spacial score (nSPS) is 11.8. The molecule has 6 nitrogen and oxygen atoms in total. The number of nitrogens with zero attached hydrogens (tertiary/aromatic N) is 5. The predicted molar refractivity (Wildman–Crippen MR) is 127 cm³/mol. The summed E-state index contributed by atoms with van der Waals surface area (Å²) in [6, 6.07) is 24.0. The number of pyridine rings is 1. The van der Waals surface area contributed by atoms with E-state index in [1.807, 2.05) is 96.2 Å². The van der Waals surface area contributed by atoms with Crippen molar-refractivity contribution in [1.82, 2.24) is 24.6 Å². The zero-order valence-corrected chi connectivity index (χ0v) is 18.9. The van der Waals surface area contributed by atoms with Gasteiger partial charge in [0.2, 0.25) is 5.91 Å². The van der Waals surface area contributed by atoms with E-state index in [0.717, 1.165) is 22.5 Å². The van der Waals surface area contributed by atoms with Gasteiger partial charge in [-0.2, -0.15) is 0 Å². The molecule has 0 N–H and O–H groups in total. The minimum absolute atomic E-state index is 0.0659. The molecule has 32 heavy (non-hydrogen) atoms. The van der Waals surface area contributed by atoms with E-state index in [-0.39, 0.29) is 11.2 Å². The van der Waals surface area contributed by atoms with E-state index in [1.54, 1.807) is 12.4 Å². The lowest BCUT2D eigenvalue weighted by molar-refractivity contribution is -0.131. The van der Waals surface area contributed by atoms with Crippen LogP contribution in [0, 0.1) is 0 Å². The predicted octanol–water partition coefficient (Wildman–Crippen LogP) is 4.59. The SMILES string of the molecule is CC(Sc1nnc(-c2ccncc2)n1C)C(=O)N(Cc1ccccc1)Cc1ccccc1. The van der Waals surface area contributed by atoms with Gasteiger partial charge < -0.3 is 9.47 Å². The monoisotopic (exact) mass is 443 g/mol. The molecular weight excluding hydrogens is 418 g/mol. The van der Waals surface area contributed by atoms with Crippen molar-refractivity contribution in [3.05, 3.63) is 96.3 Å². The van der Waals surface area contributed by atoms with Crippen LogP contribution >= 0.6 is 11.8 Å². The maximum absolute atomic E-state index is 13.5. The fraction of sp³-hybridized carbons (Fsp3) is 0.200. The average Bonchev–Trinajstić information content (AvgIpc) is 3.20. The Morgan fingerprint density at radius 1 is 0.906 bits per heavy atom. The van der Waals surface area contributed by atoms with E-state index < -0.39 is 0 Å². The molecule has 0 radical (unpaired) electrons. The number of thioether (sulfide) groups is 1. The Kier molecular flexibility index (Phi) is 6.97. The number of hydrogen-bond acceptors (Lipinski definition) is 5. The molecule has 0 aliphatic heterocycles. The highest BCUT2D eigenvalue weighted by atomic mass is 32.2. The first-order valence-electron chi connectivity index (χ1n) is 10.4. The molecule has 0 fully saturated rings. The molecule has 7 heteroatoms. The summed E-state index contributed by atoms with van der Waals surface area (Å²) in [5.74, 6) is 0.816. The summed E-state index contributed by atoms with van der Waals surface area (Å²) in [7, 11) is 1.92. The smallest absolute Gasteiger partial charge is 0.236 e. The van der Waals surface area contributed by atoms with Gasteiger partial charge in [-0.05, 0) is 30.2 Å². The summed E-state index contributed by atoms with van der Waals surface area (Å²) < 4.78 is 1.92. The molecule has 0 aliphatic rings. The van der Waals surface area contributed by atoms with Gasteiger partial charge in [0.25, 0.3) is 0 Å². The van der Waals surface area contributed by atoms with Crippen LogP contribution in [-0.2, 0) is 24.9 Å². The van der Waals surface area contributed by atoms with Crippen molar-refractivity contribution in [2.75, 3.05) is 0 Å². The zero-order valence-electron chi connectivity index (χ0n) is 18.1. The molecule has 0 aliphatic carbocycles. The highest BCUT2D eigenvalue weighted by Crippen LogP contribution is 2.27. The number of amides is 1. The molecule has 0 bridgehead atoms. The Balaban J connectivity index is 1.52. The van der Waals surface area contributed by atoms with E-state index in [9.17, 15) is 4.79 Å². The Hall–Kier alpha value is -3.45. The quantitative estimate of drug-likeness (QED) is 0.373. The number of aromatic nitrogens is 4. The maximum Gasteiger partial charge on any atom is 0.236 e. The topological polar surface area (TPSA) is 63.9 Å². The largest absolute Gasteiger partial charge is 0.333 e. The van der Waals surface area contributed by atoms with Crippen LogP contribution in [0.3, 0.4) is 0 Å². The number of carbonyl (C=O) groups is 1. The van der Waals surface area contributed by atoms with Crippen molar-refractivity contribution in [3.63, 3.8) is 0 Å². The standard InChI is InChI=1S/C25H25N5OS/c1-19(32-25-28-27-23(29(25)2)22-13-15-26-16-14-22)24(31)30(17-20-9-5-3-6-10-20)18-21-11-7-4-8-12-21/h3-16,19H,17-18H2,1-2H3. The molecule has 0 spiro atoms. The molecule has 2 heterocycles. The summed E-state index contributed by atoms with van der Waals surface area (Å²) in [6.45, 7) is 3.04. The Bertz CT molecular complexity index is 1110. The van der Waals surface area contributed by atoms with E-state index in [1.165, 1.54) is 11.8 Å². The van der Waals surface area contributed by atoms with Crippen LogP contribution in [0.5, 0.6) is 0 Å². The number of benzene rings is 2. The fourth-order valence-corrected chi connectivity index (χ4v) is 4.35. The lowest BCUT2D eigenvalue weighted by Gasteiger charge is -2.26. The number of rotatable bonds is 8. The third-order valence-electron chi connectivity index (χ3n) is 5.15. The van der Waals surface area contributed by atoms with Crippen LogP contribution in [0.15, 0.2) is 90.3 Å². The molecule has 162 valence electrons. The number of hydrogen-bond donors (Lipinski definition) is 0. The second-order valence-corrected chi connectivity index (χ2v) is 8.83. The van der Waals surface area contributed by atoms with Gasteiger partial charge in [0.05, 0.1) is 5.25 Å². The van der Waals surface area contributed by atoms with Crippen molar-refractivity contribution in [2.24, 2.45) is 7.05 Å². The van der Waals surface area contributed by atoms with Gasteiger partial charge in [0, 0.05) is 38.1 Å². The first kappa shape index (κ1) is 21.8. The summed E-state index contributed by atoms with van der Waals surface area (Å²) in [5.41, 5.74) is 3.15. The molecule has 4 aromatic rings. The third kappa shape index (κ3) is 5.23. The van der Waals surface area contributed by atoms with Gasteiger partial charge in [-0.25, -0.2) is 0 Å². The van der Waals surface area contributed by atoms with Crippen LogP contribution in [0.2, 0.25) is 0 Å². The van der Waals surface area contributed by atoms with Gasteiger partial charge in [-0.3, -0.25) is 9.78 Å². The van der Waals surface area contributed by atoms with E-state index >= 15 is 0 Å². The Morgan fingerprint density at radius 3 is 2.03 bits per heavy atom. The van der Waals surface area contributed by atoms with Gasteiger partial charge in [-0.1, -0.05) is 72.4 Å². The second kappa shape index (κ2) is 10.2. The van der Waals surface area contributed by atoms with Gasteiger partial charge >= 0.3 is 0 Å². The van der Waals surface area contributed by atoms with Crippen LogP contribution in [0.1, 0.15) is 18.1 Å². The van der Waals surface area contributed by atoms with Crippen LogP contribution in [0.4, 0.5) is 0 Å². The van der Waals surface area contributed by atoms with Crippen molar-refractivity contribution in [2.45, 2.75) is 30.4 Å². The highest BCUT2D eigenvalue weighted by molar-refractivity contribution is 8.00. The molecule has 2 aromatic carbocycles. The lowest BCUT2D eigenvalue weighted by Crippen LogP contribution is -2.35. The van der Waals surface area contributed by atoms with E-state index in [0.29, 0.717) is 18.2 Å². The van der Waals surface area contributed by atoms with Gasteiger partial charge in [0.15, 0.2) is 11.0 Å². The van der Waals surface area contributed by atoms with Gasteiger partial charge in [0.1, 0.15) is 0 Å². The first-order valence-corrected chi connectivity index (χ1v) is 11.3.